The van der Waals surface area contributed by atoms with E-state index in [0.717, 1.165) is 27.5 Å². The molecule has 0 aromatic heterocycles. The first kappa shape index (κ1) is 25.0. The summed E-state index contributed by atoms with van der Waals surface area (Å²) < 4.78 is 58.4. The number of rotatable bonds is 5. The fourth-order valence-electron chi connectivity index (χ4n) is 5.37. The maximum atomic E-state index is 14.5. The molecule has 0 fully saturated rings. The molecule has 6 heteroatoms. The Labute approximate surface area is 226 Å². The predicted molar refractivity (Wildman–Crippen MR) is 151 cm³/mol. The zero-order chi connectivity index (χ0) is 27.1. The lowest BCUT2D eigenvalue weighted by atomic mass is 9.93. The van der Waals surface area contributed by atoms with Gasteiger partial charge in [0, 0.05) is 6.42 Å². The number of sulfonamides is 1. The number of aryl methyl sites for hydroxylation is 1. The number of hydrogen-bond donors (Lipinski definition) is 0. The maximum Gasteiger partial charge on any atom is 0.264 e. The largest absolute Gasteiger partial charge is 0.264 e. The summed E-state index contributed by atoms with van der Waals surface area (Å²) in [5.74, 6) is -0.797. The Hall–Kier alpha value is -4.29. The molecule has 0 unspecified atom stereocenters. The number of hydrogen-bond acceptors (Lipinski definition) is 2. The first-order chi connectivity index (χ1) is 18.8. The van der Waals surface area contributed by atoms with Gasteiger partial charge in [-0.05, 0) is 88.5 Å². The molecular weight excluding hydrogens is 512 g/mol. The van der Waals surface area contributed by atoms with E-state index in [1.54, 1.807) is 48.5 Å². The highest BCUT2D eigenvalue weighted by Gasteiger charge is 2.42. The third kappa shape index (κ3) is 4.51. The van der Waals surface area contributed by atoms with Crippen LogP contribution in [0, 0.1) is 18.6 Å². The summed E-state index contributed by atoms with van der Waals surface area (Å²) in [6.07, 6.45) is 0.359. The third-order valence-electron chi connectivity index (χ3n) is 7.26. The number of nitrogens with zero attached hydrogens (tertiary/aromatic N) is 1. The Morgan fingerprint density at radius 2 is 1.28 bits per heavy atom. The van der Waals surface area contributed by atoms with E-state index >= 15 is 0 Å². The molecular formula is C33H25F2NO2S. The van der Waals surface area contributed by atoms with Gasteiger partial charge in [0.1, 0.15) is 11.6 Å². The van der Waals surface area contributed by atoms with Crippen LogP contribution in [0.4, 0.5) is 8.78 Å². The molecule has 6 rings (SSSR count). The molecule has 0 amide bonds. The molecule has 1 heterocycles. The summed E-state index contributed by atoms with van der Waals surface area (Å²) in [7, 11) is -4.07. The average Bonchev–Trinajstić information content (AvgIpc) is 3.35. The van der Waals surface area contributed by atoms with E-state index in [4.69, 9.17) is 0 Å². The van der Waals surface area contributed by atoms with Gasteiger partial charge in [0.05, 0.1) is 16.6 Å². The molecule has 0 N–H and O–H groups in total. The van der Waals surface area contributed by atoms with Gasteiger partial charge in [-0.2, -0.15) is 0 Å². The van der Waals surface area contributed by atoms with Gasteiger partial charge >= 0.3 is 0 Å². The van der Waals surface area contributed by atoms with Gasteiger partial charge in [-0.25, -0.2) is 17.2 Å². The summed E-state index contributed by atoms with van der Waals surface area (Å²) in [6, 6.07) is 31.9. The average molecular weight is 538 g/mol. The minimum absolute atomic E-state index is 0.165. The van der Waals surface area contributed by atoms with Gasteiger partial charge in [0.15, 0.2) is 0 Å². The van der Waals surface area contributed by atoms with Gasteiger partial charge in [0.2, 0.25) is 0 Å². The lowest BCUT2D eigenvalue weighted by Gasteiger charge is -2.30. The normalized spacial score (nSPS) is 15.8. The van der Waals surface area contributed by atoms with Crippen LogP contribution in [0.25, 0.3) is 22.0 Å². The summed E-state index contributed by atoms with van der Waals surface area (Å²) in [4.78, 5) is 0.165. The molecule has 0 radical (unpaired) electrons. The van der Waals surface area contributed by atoms with E-state index in [2.05, 4.69) is 0 Å². The lowest BCUT2D eigenvalue weighted by Crippen LogP contribution is -2.30. The first-order valence-corrected chi connectivity index (χ1v) is 14.1. The second-order valence-electron chi connectivity index (χ2n) is 9.74. The van der Waals surface area contributed by atoms with Crippen molar-refractivity contribution in [3.05, 3.63) is 149 Å². The molecule has 0 aliphatic carbocycles. The second-order valence-corrected chi connectivity index (χ2v) is 11.6. The second kappa shape index (κ2) is 9.79. The Balaban J connectivity index is 1.65. The van der Waals surface area contributed by atoms with Crippen LogP contribution in [-0.2, 0) is 10.0 Å². The third-order valence-corrected chi connectivity index (χ3v) is 9.08. The van der Waals surface area contributed by atoms with Crippen molar-refractivity contribution in [1.82, 2.24) is 4.31 Å². The van der Waals surface area contributed by atoms with Crippen LogP contribution >= 0.6 is 0 Å². The number of halogens is 2. The molecule has 0 saturated heterocycles. The van der Waals surface area contributed by atoms with Crippen molar-refractivity contribution in [1.29, 1.82) is 0 Å². The van der Waals surface area contributed by atoms with E-state index < -0.39 is 21.9 Å². The molecule has 0 bridgehead atoms. The van der Waals surface area contributed by atoms with Gasteiger partial charge in [-0.15, -0.1) is 0 Å². The van der Waals surface area contributed by atoms with E-state index in [1.165, 1.54) is 28.6 Å². The predicted octanol–water partition coefficient (Wildman–Crippen LogP) is 8.13. The van der Waals surface area contributed by atoms with Crippen molar-refractivity contribution in [2.24, 2.45) is 0 Å². The standard InChI is InChI=1S/C33H25F2NO2S/c1-22-9-19-28(20-10-22)39(37,38)36-32(30-8-4-6-23-5-2-3-7-29(23)30)21-31(24-11-15-26(34)16-12-24)33(36)25-13-17-27(35)18-14-25/h2-20,32H,21H2,1H3/t32-/m1/s1. The van der Waals surface area contributed by atoms with E-state index in [1.807, 2.05) is 49.4 Å². The van der Waals surface area contributed by atoms with Gasteiger partial charge in [0.25, 0.3) is 10.0 Å². The molecule has 39 heavy (non-hydrogen) atoms. The minimum Gasteiger partial charge on any atom is -0.258 e. The molecule has 0 saturated carbocycles. The minimum atomic E-state index is -4.07. The van der Waals surface area contributed by atoms with Gasteiger partial charge < -0.3 is 0 Å². The Kier molecular flexibility index (Phi) is 6.28. The van der Waals surface area contributed by atoms with Crippen LogP contribution in [0.1, 0.15) is 34.7 Å². The summed E-state index contributed by atoms with van der Waals surface area (Å²) in [5.41, 5.74) is 4.29. The lowest BCUT2D eigenvalue weighted by molar-refractivity contribution is 0.448. The molecule has 1 aliphatic heterocycles. The molecule has 1 atom stereocenters. The van der Waals surface area contributed by atoms with Crippen LogP contribution < -0.4 is 0 Å². The summed E-state index contributed by atoms with van der Waals surface area (Å²) >= 11 is 0. The van der Waals surface area contributed by atoms with E-state index in [9.17, 15) is 17.2 Å². The maximum absolute atomic E-state index is 14.5. The molecule has 194 valence electrons. The molecule has 3 nitrogen and oxygen atoms in total. The topological polar surface area (TPSA) is 37.4 Å². The Morgan fingerprint density at radius 3 is 1.95 bits per heavy atom. The van der Waals surface area contributed by atoms with Crippen molar-refractivity contribution < 1.29 is 17.2 Å². The zero-order valence-electron chi connectivity index (χ0n) is 21.2. The quantitative estimate of drug-likeness (QED) is 0.227. The van der Waals surface area contributed by atoms with Gasteiger partial charge in [-0.1, -0.05) is 72.3 Å². The van der Waals surface area contributed by atoms with Crippen LogP contribution in [0.15, 0.2) is 120 Å². The van der Waals surface area contributed by atoms with Crippen molar-refractivity contribution in [2.75, 3.05) is 0 Å². The Bertz CT molecular complexity index is 1810. The van der Waals surface area contributed by atoms with E-state index in [0.29, 0.717) is 23.2 Å². The van der Waals surface area contributed by atoms with Crippen LogP contribution in [-0.4, -0.2) is 12.7 Å². The van der Waals surface area contributed by atoms with Crippen LogP contribution in [0.5, 0.6) is 0 Å². The molecule has 5 aromatic rings. The van der Waals surface area contributed by atoms with Crippen molar-refractivity contribution in [3.8, 4) is 0 Å². The fourth-order valence-corrected chi connectivity index (χ4v) is 7.05. The number of benzene rings is 5. The highest BCUT2D eigenvalue weighted by molar-refractivity contribution is 7.89. The van der Waals surface area contributed by atoms with Crippen LogP contribution in [0.2, 0.25) is 0 Å². The fraction of sp³-hybridized carbons (Fsp3) is 0.0909. The monoisotopic (exact) mass is 537 g/mol. The molecule has 1 aliphatic rings. The Morgan fingerprint density at radius 1 is 0.692 bits per heavy atom. The highest BCUT2D eigenvalue weighted by Crippen LogP contribution is 2.51. The SMILES string of the molecule is Cc1ccc(S(=O)(=O)N2C(c3ccc(F)cc3)=C(c3ccc(F)cc3)C[C@@H]2c2cccc3ccccc23)cc1. The van der Waals surface area contributed by atoms with E-state index in [-0.39, 0.29) is 10.7 Å². The summed E-state index contributed by atoms with van der Waals surface area (Å²) in [6.45, 7) is 1.90. The zero-order valence-corrected chi connectivity index (χ0v) is 22.0. The van der Waals surface area contributed by atoms with Crippen molar-refractivity contribution in [2.45, 2.75) is 24.3 Å². The smallest absolute Gasteiger partial charge is 0.258 e. The highest BCUT2D eigenvalue weighted by atomic mass is 32.2. The van der Waals surface area contributed by atoms with Crippen molar-refractivity contribution in [3.63, 3.8) is 0 Å². The molecule has 5 aromatic carbocycles. The summed E-state index contributed by atoms with van der Waals surface area (Å²) in [5, 5.41) is 1.95. The first-order valence-electron chi connectivity index (χ1n) is 12.7. The number of fused-ring (bicyclic) bond motifs is 1. The van der Waals surface area contributed by atoms with Crippen molar-refractivity contribution >= 4 is 32.1 Å². The molecule has 0 spiro atoms. The van der Waals surface area contributed by atoms with Gasteiger partial charge in [-0.3, -0.25) is 4.31 Å². The van der Waals surface area contributed by atoms with Crippen LogP contribution in [0.3, 0.4) is 0 Å².